The number of carbonyl (C=O) groups is 3. The quantitative estimate of drug-likeness (QED) is 0.546. The predicted octanol–water partition coefficient (Wildman–Crippen LogP) is 3.23. The fourth-order valence-electron chi connectivity index (χ4n) is 4.03. The molecule has 1 aromatic rings. The molecule has 2 saturated heterocycles. The van der Waals surface area contributed by atoms with E-state index in [0.717, 1.165) is 19.3 Å². The highest BCUT2D eigenvalue weighted by Crippen LogP contribution is 2.39. The summed E-state index contributed by atoms with van der Waals surface area (Å²) in [5.41, 5.74) is 2.23. The van der Waals surface area contributed by atoms with Gasteiger partial charge in [0.2, 0.25) is 0 Å². The average Bonchev–Trinajstić information content (AvgIpc) is 2.74. The third-order valence-corrected chi connectivity index (χ3v) is 5.58. The number of benzene rings is 1. The van der Waals surface area contributed by atoms with E-state index >= 15 is 0 Å². The largest absolute Gasteiger partial charge is 0.482 e. The summed E-state index contributed by atoms with van der Waals surface area (Å²) < 4.78 is 16.9. The smallest absolute Gasteiger partial charge is 0.410 e. The number of carbonyl (C=O) groups excluding carboxylic acids is 3. The normalized spacial score (nSPS) is 21.8. The summed E-state index contributed by atoms with van der Waals surface area (Å²) in [6.45, 7) is 6.67. The zero-order valence-corrected chi connectivity index (χ0v) is 19.2. The Kier molecular flexibility index (Phi) is 6.45. The number of nitrogens with one attached hydrogen (secondary N) is 1. The molecule has 0 saturated carbocycles. The zero-order valence-electron chi connectivity index (χ0n) is 19.2. The lowest BCUT2D eigenvalue weighted by Crippen LogP contribution is -2.68. The number of likely N-dealkylation sites (tertiary alicyclic amines) is 1. The van der Waals surface area contributed by atoms with E-state index in [-0.39, 0.29) is 12.2 Å². The van der Waals surface area contributed by atoms with Gasteiger partial charge in [-0.2, -0.15) is 0 Å². The number of hydrogen-bond donors (Lipinski definition) is 1. The van der Waals surface area contributed by atoms with Crippen LogP contribution in [0.25, 0.3) is 6.08 Å². The minimum atomic E-state index is -0.712. The maximum absolute atomic E-state index is 12.8. The van der Waals surface area contributed by atoms with Crippen LogP contribution >= 0.6 is 0 Å². The van der Waals surface area contributed by atoms with Gasteiger partial charge in [0.05, 0.1) is 25.1 Å². The number of Topliss-reactive ketones (excluding diaryl/α,β-unsaturated/α-hetero) is 1. The number of hydroxylamine groups is 1. The molecule has 0 aliphatic carbocycles. The van der Waals surface area contributed by atoms with E-state index in [1.165, 1.54) is 6.08 Å². The Balaban J connectivity index is 1.32. The second kappa shape index (κ2) is 9.15. The fraction of sp³-hybridized carbons (Fsp3) is 0.542. The molecule has 178 valence electrons. The highest BCUT2D eigenvalue weighted by Gasteiger charge is 2.52. The monoisotopic (exact) mass is 458 g/mol. The lowest BCUT2D eigenvalue weighted by atomic mass is 9.83. The summed E-state index contributed by atoms with van der Waals surface area (Å²) in [4.78, 5) is 43.8. The van der Waals surface area contributed by atoms with Crippen molar-refractivity contribution in [3.8, 4) is 5.75 Å². The Bertz CT molecular complexity index is 954. The molecular weight excluding hydrogens is 428 g/mol. The average molecular weight is 459 g/mol. The highest BCUT2D eigenvalue weighted by atomic mass is 16.8. The molecule has 33 heavy (non-hydrogen) atoms. The van der Waals surface area contributed by atoms with Crippen molar-refractivity contribution in [2.45, 2.75) is 63.9 Å². The van der Waals surface area contributed by atoms with Gasteiger partial charge in [-0.05, 0) is 57.4 Å². The van der Waals surface area contributed by atoms with E-state index in [9.17, 15) is 14.4 Å². The van der Waals surface area contributed by atoms with E-state index < -0.39 is 29.5 Å². The SMILES string of the molecule is CC(C)(C)OC(=O)N1CC2(CC(=O)c3cc(C=CC(=O)NOC4CCCCO4)ccc3O2)C1. The molecule has 2 fully saturated rings. The Labute approximate surface area is 192 Å². The lowest BCUT2D eigenvalue weighted by Gasteiger charge is -2.50. The van der Waals surface area contributed by atoms with Crippen molar-refractivity contribution in [3.05, 3.63) is 35.4 Å². The molecule has 1 atom stereocenters. The van der Waals surface area contributed by atoms with Gasteiger partial charge >= 0.3 is 6.09 Å². The van der Waals surface area contributed by atoms with Gasteiger partial charge in [-0.15, -0.1) is 0 Å². The molecule has 0 bridgehead atoms. The van der Waals surface area contributed by atoms with E-state index in [2.05, 4.69) is 5.48 Å². The number of nitrogens with zero attached hydrogens (tertiary/aromatic N) is 1. The van der Waals surface area contributed by atoms with Crippen LogP contribution in [0.2, 0.25) is 0 Å². The third-order valence-electron chi connectivity index (χ3n) is 5.58. The minimum absolute atomic E-state index is 0.0578. The maximum Gasteiger partial charge on any atom is 0.410 e. The van der Waals surface area contributed by atoms with E-state index in [1.807, 2.05) is 20.8 Å². The number of rotatable bonds is 4. The number of ether oxygens (including phenoxy) is 3. The van der Waals surface area contributed by atoms with Gasteiger partial charge in [0.25, 0.3) is 5.91 Å². The fourth-order valence-corrected chi connectivity index (χ4v) is 4.03. The van der Waals surface area contributed by atoms with Crippen molar-refractivity contribution in [3.63, 3.8) is 0 Å². The number of hydrogen-bond acceptors (Lipinski definition) is 7. The van der Waals surface area contributed by atoms with Crippen LogP contribution in [-0.4, -0.2) is 59.9 Å². The van der Waals surface area contributed by atoms with Crippen LogP contribution in [0.1, 0.15) is 62.4 Å². The first-order valence-electron chi connectivity index (χ1n) is 11.2. The first kappa shape index (κ1) is 23.3. The molecule has 1 aromatic carbocycles. The summed E-state index contributed by atoms with van der Waals surface area (Å²) in [5, 5.41) is 0. The van der Waals surface area contributed by atoms with Crippen LogP contribution in [0.4, 0.5) is 4.79 Å². The standard InChI is InChI=1S/C24H30N2O7/c1-23(2,3)32-22(29)26-14-24(15-26)13-18(27)17-12-16(7-9-19(17)31-24)8-10-20(28)25-33-21-6-4-5-11-30-21/h7-10,12,21H,4-6,11,13-15H2,1-3H3,(H,25,28). The van der Waals surface area contributed by atoms with Crippen LogP contribution < -0.4 is 10.2 Å². The van der Waals surface area contributed by atoms with Crippen LogP contribution in [0.5, 0.6) is 5.75 Å². The summed E-state index contributed by atoms with van der Waals surface area (Å²) >= 11 is 0. The Hall–Kier alpha value is -2.91. The Morgan fingerprint density at radius 1 is 1.24 bits per heavy atom. The molecule has 0 radical (unpaired) electrons. The first-order valence-corrected chi connectivity index (χ1v) is 11.2. The molecule has 9 nitrogen and oxygen atoms in total. The maximum atomic E-state index is 12.8. The third kappa shape index (κ3) is 5.72. The second-order valence-corrected chi connectivity index (χ2v) is 9.69. The molecule has 4 rings (SSSR count). The van der Waals surface area contributed by atoms with Crippen molar-refractivity contribution in [2.75, 3.05) is 19.7 Å². The molecule has 1 unspecified atom stereocenters. The van der Waals surface area contributed by atoms with Gasteiger partial charge in [0.1, 0.15) is 11.4 Å². The van der Waals surface area contributed by atoms with Crippen molar-refractivity contribution < 1.29 is 33.4 Å². The van der Waals surface area contributed by atoms with Crippen molar-refractivity contribution in [1.82, 2.24) is 10.4 Å². The topological polar surface area (TPSA) is 103 Å². The summed E-state index contributed by atoms with van der Waals surface area (Å²) in [6.07, 6.45) is 5.04. The second-order valence-electron chi connectivity index (χ2n) is 9.69. The van der Waals surface area contributed by atoms with Gasteiger partial charge in [0, 0.05) is 19.1 Å². The van der Waals surface area contributed by atoms with E-state index in [4.69, 9.17) is 19.0 Å². The van der Waals surface area contributed by atoms with Crippen LogP contribution in [0.15, 0.2) is 24.3 Å². The highest BCUT2D eigenvalue weighted by molar-refractivity contribution is 6.01. The summed E-state index contributed by atoms with van der Waals surface area (Å²) in [5.74, 6) is 0.00664. The molecule has 1 N–H and O–H groups in total. The summed E-state index contributed by atoms with van der Waals surface area (Å²) in [6, 6.07) is 5.18. The van der Waals surface area contributed by atoms with Gasteiger partial charge in [-0.1, -0.05) is 6.07 Å². The molecule has 0 aromatic heterocycles. The number of fused-ring (bicyclic) bond motifs is 1. The van der Waals surface area contributed by atoms with E-state index in [1.54, 1.807) is 29.2 Å². The minimum Gasteiger partial charge on any atom is -0.482 e. The lowest BCUT2D eigenvalue weighted by molar-refractivity contribution is -0.198. The predicted molar refractivity (Wildman–Crippen MR) is 118 cm³/mol. The molecule has 3 aliphatic rings. The molecule has 9 heteroatoms. The van der Waals surface area contributed by atoms with E-state index in [0.29, 0.717) is 36.6 Å². The molecule has 2 amide bonds. The molecule has 3 aliphatic heterocycles. The van der Waals surface area contributed by atoms with Gasteiger partial charge < -0.3 is 14.2 Å². The Morgan fingerprint density at radius 3 is 2.73 bits per heavy atom. The zero-order chi connectivity index (χ0) is 23.6. The summed E-state index contributed by atoms with van der Waals surface area (Å²) in [7, 11) is 0. The van der Waals surface area contributed by atoms with Crippen LogP contribution in [0.3, 0.4) is 0 Å². The van der Waals surface area contributed by atoms with Crippen LogP contribution in [-0.2, 0) is 19.1 Å². The molecular formula is C24H30N2O7. The van der Waals surface area contributed by atoms with Crippen molar-refractivity contribution in [2.24, 2.45) is 0 Å². The van der Waals surface area contributed by atoms with Crippen molar-refractivity contribution >= 4 is 23.9 Å². The Morgan fingerprint density at radius 2 is 2.03 bits per heavy atom. The van der Waals surface area contributed by atoms with Gasteiger partial charge in [-0.25, -0.2) is 15.1 Å². The van der Waals surface area contributed by atoms with Crippen LogP contribution in [0, 0.1) is 0 Å². The van der Waals surface area contributed by atoms with Gasteiger partial charge in [-0.3, -0.25) is 14.5 Å². The first-order chi connectivity index (χ1) is 15.6. The molecule has 1 spiro atoms. The van der Waals surface area contributed by atoms with Crippen molar-refractivity contribution in [1.29, 1.82) is 0 Å². The number of amides is 2. The number of ketones is 1. The van der Waals surface area contributed by atoms with Gasteiger partial charge in [0.15, 0.2) is 17.7 Å². The molecule has 3 heterocycles.